The molecule has 1 amide bonds. The highest BCUT2D eigenvalue weighted by molar-refractivity contribution is 5.73. The Balaban J connectivity index is 2.09. The summed E-state index contributed by atoms with van der Waals surface area (Å²) in [6, 6.07) is 3.05. The van der Waals surface area contributed by atoms with E-state index in [1.165, 1.54) is 23.0 Å². The number of rotatable bonds is 5. The minimum Gasteiger partial charge on any atom is -0.376 e. The second-order valence-electron chi connectivity index (χ2n) is 4.42. The van der Waals surface area contributed by atoms with Gasteiger partial charge in [-0.2, -0.15) is 5.10 Å². The zero-order valence-corrected chi connectivity index (χ0v) is 10.8. The van der Waals surface area contributed by atoms with Crippen molar-refractivity contribution in [2.45, 2.75) is 19.5 Å². The van der Waals surface area contributed by atoms with Crippen molar-refractivity contribution in [2.24, 2.45) is 5.73 Å². The number of aromatic nitrogens is 2. The fourth-order valence-electron chi connectivity index (χ4n) is 1.86. The molecule has 0 aliphatic rings. The molecule has 3 N–H and O–H groups in total. The number of halogens is 2. The quantitative estimate of drug-likeness (QED) is 0.877. The Morgan fingerprint density at radius 1 is 1.50 bits per heavy atom. The van der Waals surface area contributed by atoms with E-state index in [-0.39, 0.29) is 12.6 Å². The first-order valence-electron chi connectivity index (χ1n) is 5.98. The van der Waals surface area contributed by atoms with Crippen LogP contribution in [0.15, 0.2) is 30.6 Å². The number of hydrogen-bond donors (Lipinski definition) is 2. The lowest BCUT2D eigenvalue weighted by Gasteiger charge is -2.14. The fraction of sp³-hybridized carbons (Fsp3) is 0.231. The molecule has 0 saturated heterocycles. The number of amides is 1. The topological polar surface area (TPSA) is 72.9 Å². The molecule has 0 aliphatic carbocycles. The standard InChI is InChI=1S/C13H14F2N4O/c1-8(11-3-2-9(14)4-12(11)15)18-10-5-17-19(6-10)7-13(16)20/h2-6,8,18H,7H2,1H3,(H2,16,20). The lowest BCUT2D eigenvalue weighted by molar-refractivity contribution is -0.118. The molecule has 0 bridgehead atoms. The van der Waals surface area contributed by atoms with Crippen molar-refractivity contribution in [3.63, 3.8) is 0 Å². The first kappa shape index (κ1) is 14.0. The molecule has 0 fully saturated rings. The van der Waals surface area contributed by atoms with Gasteiger partial charge in [0.1, 0.15) is 18.2 Å². The van der Waals surface area contributed by atoms with Gasteiger partial charge in [-0.1, -0.05) is 6.07 Å². The normalized spacial score (nSPS) is 12.2. The van der Waals surface area contributed by atoms with E-state index < -0.39 is 17.5 Å². The van der Waals surface area contributed by atoms with Crippen molar-refractivity contribution in [2.75, 3.05) is 5.32 Å². The summed E-state index contributed by atoms with van der Waals surface area (Å²) in [5.41, 5.74) is 6.01. The van der Waals surface area contributed by atoms with Crippen LogP contribution in [0.4, 0.5) is 14.5 Å². The molecule has 0 radical (unpaired) electrons. The van der Waals surface area contributed by atoms with Gasteiger partial charge < -0.3 is 11.1 Å². The van der Waals surface area contributed by atoms with Gasteiger partial charge in [-0.25, -0.2) is 8.78 Å². The van der Waals surface area contributed by atoms with E-state index in [1.54, 1.807) is 13.1 Å². The largest absolute Gasteiger partial charge is 0.376 e. The molecule has 0 saturated carbocycles. The lowest BCUT2D eigenvalue weighted by atomic mass is 10.1. The molecule has 2 aromatic rings. The third-order valence-electron chi connectivity index (χ3n) is 2.76. The average Bonchev–Trinajstić information content (AvgIpc) is 2.75. The van der Waals surface area contributed by atoms with Gasteiger partial charge in [0.05, 0.1) is 17.9 Å². The van der Waals surface area contributed by atoms with Gasteiger partial charge in [-0.15, -0.1) is 0 Å². The maximum Gasteiger partial charge on any atom is 0.239 e. The third-order valence-corrected chi connectivity index (χ3v) is 2.76. The molecule has 5 nitrogen and oxygen atoms in total. The summed E-state index contributed by atoms with van der Waals surface area (Å²) in [5.74, 6) is -1.74. The van der Waals surface area contributed by atoms with Gasteiger partial charge in [0.25, 0.3) is 0 Å². The van der Waals surface area contributed by atoms with E-state index in [4.69, 9.17) is 5.73 Å². The summed E-state index contributed by atoms with van der Waals surface area (Å²) in [7, 11) is 0. The fourth-order valence-corrected chi connectivity index (χ4v) is 1.86. The van der Waals surface area contributed by atoms with Crippen molar-refractivity contribution in [1.29, 1.82) is 0 Å². The molecule has 7 heteroatoms. The monoisotopic (exact) mass is 280 g/mol. The van der Waals surface area contributed by atoms with E-state index in [9.17, 15) is 13.6 Å². The second-order valence-corrected chi connectivity index (χ2v) is 4.42. The Hall–Kier alpha value is -2.44. The van der Waals surface area contributed by atoms with Crippen molar-refractivity contribution in [3.8, 4) is 0 Å². The highest BCUT2D eigenvalue weighted by Gasteiger charge is 2.12. The maximum absolute atomic E-state index is 13.6. The van der Waals surface area contributed by atoms with Gasteiger partial charge in [0.15, 0.2) is 0 Å². The molecule has 20 heavy (non-hydrogen) atoms. The zero-order chi connectivity index (χ0) is 14.7. The van der Waals surface area contributed by atoms with E-state index in [2.05, 4.69) is 10.4 Å². The molecule has 0 spiro atoms. The summed E-state index contributed by atoms with van der Waals surface area (Å²) in [4.78, 5) is 10.8. The summed E-state index contributed by atoms with van der Waals surface area (Å²) in [5, 5.41) is 6.95. The van der Waals surface area contributed by atoms with Crippen LogP contribution in [-0.4, -0.2) is 15.7 Å². The van der Waals surface area contributed by atoms with E-state index >= 15 is 0 Å². The van der Waals surface area contributed by atoms with Crippen LogP contribution >= 0.6 is 0 Å². The smallest absolute Gasteiger partial charge is 0.239 e. The number of carbonyl (C=O) groups excluding carboxylic acids is 1. The number of benzene rings is 1. The van der Waals surface area contributed by atoms with Crippen molar-refractivity contribution in [1.82, 2.24) is 9.78 Å². The van der Waals surface area contributed by atoms with E-state index in [0.29, 0.717) is 11.3 Å². The van der Waals surface area contributed by atoms with Crippen molar-refractivity contribution >= 4 is 11.6 Å². The number of hydrogen-bond acceptors (Lipinski definition) is 3. The highest BCUT2D eigenvalue weighted by Crippen LogP contribution is 2.21. The molecule has 2 rings (SSSR count). The first-order chi connectivity index (χ1) is 9.45. The first-order valence-corrected chi connectivity index (χ1v) is 5.98. The zero-order valence-electron chi connectivity index (χ0n) is 10.8. The molecular formula is C13H14F2N4O. The molecule has 1 atom stereocenters. The van der Waals surface area contributed by atoms with Crippen molar-refractivity contribution < 1.29 is 13.6 Å². The number of nitrogens with two attached hydrogens (primary N) is 1. The number of nitrogens with zero attached hydrogens (tertiary/aromatic N) is 2. The van der Waals surface area contributed by atoms with Gasteiger partial charge in [-0.05, 0) is 13.0 Å². The number of anilines is 1. The second kappa shape index (κ2) is 5.68. The van der Waals surface area contributed by atoms with Crippen LogP contribution in [0.5, 0.6) is 0 Å². The van der Waals surface area contributed by atoms with Crippen LogP contribution in [0, 0.1) is 11.6 Å². The molecular weight excluding hydrogens is 266 g/mol. The third kappa shape index (κ3) is 3.31. The number of nitrogens with one attached hydrogen (secondary N) is 1. The van der Waals surface area contributed by atoms with Crippen LogP contribution in [-0.2, 0) is 11.3 Å². The number of primary amides is 1. The average molecular weight is 280 g/mol. The van der Waals surface area contributed by atoms with Gasteiger partial charge in [-0.3, -0.25) is 9.48 Å². The molecule has 1 aromatic heterocycles. The van der Waals surface area contributed by atoms with E-state index in [0.717, 1.165) is 6.07 Å². The lowest BCUT2D eigenvalue weighted by Crippen LogP contribution is -2.18. The Morgan fingerprint density at radius 2 is 2.25 bits per heavy atom. The van der Waals surface area contributed by atoms with Crippen LogP contribution in [0.25, 0.3) is 0 Å². The Kier molecular flexibility index (Phi) is 3.97. The summed E-state index contributed by atoms with van der Waals surface area (Å²) in [6.07, 6.45) is 3.09. The molecule has 1 heterocycles. The molecule has 1 aromatic carbocycles. The SMILES string of the molecule is CC(Nc1cnn(CC(N)=O)c1)c1ccc(F)cc1F. The minimum absolute atomic E-state index is 0.0268. The Labute approximate surface area is 114 Å². The van der Waals surface area contributed by atoms with Gasteiger partial charge in [0, 0.05) is 17.8 Å². The van der Waals surface area contributed by atoms with Gasteiger partial charge >= 0.3 is 0 Å². The maximum atomic E-state index is 13.6. The summed E-state index contributed by atoms with van der Waals surface area (Å²) < 4.78 is 27.8. The molecule has 1 unspecified atom stereocenters. The van der Waals surface area contributed by atoms with Crippen LogP contribution in [0.2, 0.25) is 0 Å². The van der Waals surface area contributed by atoms with Crippen molar-refractivity contribution in [3.05, 3.63) is 47.8 Å². The summed E-state index contributed by atoms with van der Waals surface area (Å²) >= 11 is 0. The van der Waals surface area contributed by atoms with Crippen LogP contribution in [0.1, 0.15) is 18.5 Å². The number of carbonyl (C=O) groups is 1. The summed E-state index contributed by atoms with van der Waals surface area (Å²) in [6.45, 7) is 1.71. The molecule has 106 valence electrons. The molecule has 0 aliphatic heterocycles. The van der Waals surface area contributed by atoms with Crippen LogP contribution < -0.4 is 11.1 Å². The Morgan fingerprint density at radius 3 is 2.90 bits per heavy atom. The van der Waals surface area contributed by atoms with Gasteiger partial charge in [0.2, 0.25) is 5.91 Å². The van der Waals surface area contributed by atoms with E-state index in [1.807, 2.05) is 0 Å². The minimum atomic E-state index is -0.618. The highest BCUT2D eigenvalue weighted by atomic mass is 19.1. The predicted molar refractivity (Wildman–Crippen MR) is 69.8 cm³/mol. The Bertz CT molecular complexity index is 627. The van der Waals surface area contributed by atoms with Crippen LogP contribution in [0.3, 0.4) is 0 Å². The predicted octanol–water partition coefficient (Wildman–Crippen LogP) is 1.82.